The van der Waals surface area contributed by atoms with E-state index in [0.29, 0.717) is 6.54 Å². The van der Waals surface area contributed by atoms with Gasteiger partial charge in [-0.1, -0.05) is 36.8 Å². The molecule has 0 radical (unpaired) electrons. The van der Waals surface area contributed by atoms with E-state index in [4.69, 9.17) is 0 Å². The number of benzene rings is 1. The monoisotopic (exact) mass is 287 g/mol. The van der Waals surface area contributed by atoms with Crippen LogP contribution in [0.1, 0.15) is 37.2 Å². The Balaban J connectivity index is 1.59. The van der Waals surface area contributed by atoms with Crippen LogP contribution >= 0.6 is 0 Å². The second-order valence-electron chi connectivity index (χ2n) is 6.96. The number of hydrogen-bond acceptors (Lipinski definition) is 2. The fraction of sp³-hybridized carbons (Fsp3) is 0.611. The maximum Gasteiger partial charge on any atom is 0.312 e. The predicted molar refractivity (Wildman–Crippen MR) is 83.3 cm³/mol. The SMILES string of the molecule is CN(CC(C(=O)O)c1ccccc1)CC1CC2CCC1C2. The molecule has 114 valence electrons. The van der Waals surface area contributed by atoms with Gasteiger partial charge in [-0.25, -0.2) is 0 Å². The van der Waals surface area contributed by atoms with Gasteiger partial charge in [-0.2, -0.15) is 0 Å². The lowest BCUT2D eigenvalue weighted by atomic mass is 9.88. The topological polar surface area (TPSA) is 40.5 Å². The van der Waals surface area contributed by atoms with Gasteiger partial charge in [0.15, 0.2) is 0 Å². The van der Waals surface area contributed by atoms with Gasteiger partial charge in [-0.05, 0) is 49.6 Å². The van der Waals surface area contributed by atoms with E-state index in [2.05, 4.69) is 11.9 Å². The first kappa shape index (κ1) is 14.6. The molecule has 2 saturated carbocycles. The normalized spacial score (nSPS) is 29.0. The number of aliphatic carboxylic acids is 1. The highest BCUT2D eigenvalue weighted by atomic mass is 16.4. The summed E-state index contributed by atoms with van der Waals surface area (Å²) >= 11 is 0. The van der Waals surface area contributed by atoms with Crippen molar-refractivity contribution >= 4 is 5.97 Å². The van der Waals surface area contributed by atoms with Crippen molar-refractivity contribution in [3.63, 3.8) is 0 Å². The molecule has 2 aliphatic rings. The quantitative estimate of drug-likeness (QED) is 0.873. The smallest absolute Gasteiger partial charge is 0.312 e. The van der Waals surface area contributed by atoms with E-state index in [1.165, 1.54) is 25.7 Å². The number of hydrogen-bond donors (Lipinski definition) is 1. The van der Waals surface area contributed by atoms with Crippen molar-refractivity contribution in [2.45, 2.75) is 31.6 Å². The second kappa shape index (κ2) is 6.18. The molecule has 4 unspecified atom stereocenters. The van der Waals surface area contributed by atoms with Crippen molar-refractivity contribution in [2.24, 2.45) is 17.8 Å². The van der Waals surface area contributed by atoms with Crippen LogP contribution in [-0.2, 0) is 4.79 Å². The van der Waals surface area contributed by atoms with Crippen LogP contribution in [0, 0.1) is 17.8 Å². The first-order chi connectivity index (χ1) is 10.1. The summed E-state index contributed by atoms with van der Waals surface area (Å²) in [4.78, 5) is 13.8. The maximum atomic E-state index is 11.6. The highest BCUT2D eigenvalue weighted by molar-refractivity contribution is 5.76. The number of carboxylic acids is 1. The molecule has 2 bridgehead atoms. The van der Waals surface area contributed by atoms with E-state index in [1.54, 1.807) is 0 Å². The van der Waals surface area contributed by atoms with E-state index in [0.717, 1.165) is 29.9 Å². The molecule has 2 fully saturated rings. The molecule has 0 aromatic heterocycles. The Labute approximate surface area is 127 Å². The van der Waals surface area contributed by atoms with Gasteiger partial charge in [0, 0.05) is 13.1 Å². The zero-order valence-electron chi connectivity index (χ0n) is 12.7. The molecule has 0 spiro atoms. The molecule has 1 N–H and O–H groups in total. The van der Waals surface area contributed by atoms with Gasteiger partial charge < -0.3 is 10.0 Å². The summed E-state index contributed by atoms with van der Waals surface area (Å²) in [6, 6.07) is 9.61. The summed E-state index contributed by atoms with van der Waals surface area (Å²) in [5.74, 6) is 1.50. The fourth-order valence-electron chi connectivity index (χ4n) is 4.40. The molecule has 4 atom stereocenters. The number of carbonyl (C=O) groups is 1. The first-order valence-electron chi connectivity index (χ1n) is 8.09. The summed E-state index contributed by atoms with van der Waals surface area (Å²) in [6.45, 7) is 1.66. The Bertz CT molecular complexity index is 487. The van der Waals surface area contributed by atoms with Crippen molar-refractivity contribution < 1.29 is 9.90 Å². The number of nitrogens with zero attached hydrogens (tertiary/aromatic N) is 1. The van der Waals surface area contributed by atoms with Crippen LogP contribution < -0.4 is 0 Å². The minimum Gasteiger partial charge on any atom is -0.481 e. The van der Waals surface area contributed by atoms with Crippen molar-refractivity contribution in [2.75, 3.05) is 20.1 Å². The summed E-state index contributed by atoms with van der Waals surface area (Å²) in [6.07, 6.45) is 5.59. The Morgan fingerprint density at radius 3 is 2.62 bits per heavy atom. The summed E-state index contributed by atoms with van der Waals surface area (Å²) in [7, 11) is 2.07. The van der Waals surface area contributed by atoms with Crippen molar-refractivity contribution in [3.8, 4) is 0 Å². The molecule has 0 amide bonds. The minimum absolute atomic E-state index is 0.421. The Kier molecular flexibility index (Phi) is 4.29. The summed E-state index contributed by atoms with van der Waals surface area (Å²) in [5.41, 5.74) is 0.907. The highest BCUT2D eigenvalue weighted by Crippen LogP contribution is 2.48. The second-order valence-corrected chi connectivity index (χ2v) is 6.96. The van der Waals surface area contributed by atoms with Crippen LogP contribution in [0.4, 0.5) is 0 Å². The fourth-order valence-corrected chi connectivity index (χ4v) is 4.40. The van der Waals surface area contributed by atoms with E-state index in [1.807, 2.05) is 30.3 Å². The first-order valence-corrected chi connectivity index (χ1v) is 8.09. The molecule has 1 aromatic rings. The van der Waals surface area contributed by atoms with Gasteiger partial charge >= 0.3 is 5.97 Å². The Morgan fingerprint density at radius 2 is 2.05 bits per heavy atom. The predicted octanol–water partition coefficient (Wildman–Crippen LogP) is 3.22. The third-order valence-electron chi connectivity index (χ3n) is 5.43. The molecule has 21 heavy (non-hydrogen) atoms. The third kappa shape index (κ3) is 3.29. The van der Waals surface area contributed by atoms with Gasteiger partial charge in [-0.15, -0.1) is 0 Å². The standard InChI is InChI=1S/C18H25NO2/c1-19(11-16-10-13-7-8-15(16)9-13)12-17(18(20)21)14-5-3-2-4-6-14/h2-6,13,15-17H,7-12H2,1H3,(H,20,21). The molecule has 3 nitrogen and oxygen atoms in total. The van der Waals surface area contributed by atoms with Crippen LogP contribution in [0.5, 0.6) is 0 Å². The average molecular weight is 287 g/mol. The minimum atomic E-state index is -0.721. The Morgan fingerprint density at radius 1 is 1.29 bits per heavy atom. The van der Waals surface area contributed by atoms with Crippen LogP contribution in [0.15, 0.2) is 30.3 Å². The number of likely N-dealkylation sites (N-methyl/N-ethyl adjacent to an activating group) is 1. The molecule has 0 heterocycles. The van der Waals surface area contributed by atoms with Gasteiger partial charge in [0.1, 0.15) is 0 Å². The lowest BCUT2D eigenvalue weighted by Gasteiger charge is -2.28. The number of rotatable bonds is 6. The third-order valence-corrected chi connectivity index (χ3v) is 5.43. The molecular formula is C18H25NO2. The van der Waals surface area contributed by atoms with Crippen LogP contribution in [0.3, 0.4) is 0 Å². The molecule has 3 heteroatoms. The van der Waals surface area contributed by atoms with E-state index in [9.17, 15) is 9.90 Å². The zero-order valence-corrected chi connectivity index (χ0v) is 12.7. The average Bonchev–Trinajstić information content (AvgIpc) is 3.08. The van der Waals surface area contributed by atoms with Crippen LogP contribution in [0.2, 0.25) is 0 Å². The van der Waals surface area contributed by atoms with E-state index in [-0.39, 0.29) is 0 Å². The number of carboxylic acid groups (broad SMARTS) is 1. The van der Waals surface area contributed by atoms with Gasteiger partial charge in [0.25, 0.3) is 0 Å². The zero-order chi connectivity index (χ0) is 14.8. The van der Waals surface area contributed by atoms with Gasteiger partial charge in [0.05, 0.1) is 5.92 Å². The molecule has 1 aromatic carbocycles. The van der Waals surface area contributed by atoms with Crippen LogP contribution in [-0.4, -0.2) is 36.1 Å². The molecule has 3 rings (SSSR count). The molecule has 0 saturated heterocycles. The van der Waals surface area contributed by atoms with E-state index >= 15 is 0 Å². The highest BCUT2D eigenvalue weighted by Gasteiger charge is 2.39. The van der Waals surface area contributed by atoms with Gasteiger partial charge in [-0.3, -0.25) is 4.79 Å². The Hall–Kier alpha value is -1.35. The lowest BCUT2D eigenvalue weighted by Crippen LogP contribution is -2.34. The van der Waals surface area contributed by atoms with E-state index < -0.39 is 11.9 Å². The molecule has 0 aliphatic heterocycles. The summed E-state index contributed by atoms with van der Waals surface area (Å²) in [5, 5.41) is 9.51. The van der Waals surface area contributed by atoms with Crippen LogP contribution in [0.25, 0.3) is 0 Å². The maximum absolute atomic E-state index is 11.6. The molecular weight excluding hydrogens is 262 g/mol. The summed E-state index contributed by atoms with van der Waals surface area (Å²) < 4.78 is 0. The van der Waals surface area contributed by atoms with Crippen molar-refractivity contribution in [3.05, 3.63) is 35.9 Å². The van der Waals surface area contributed by atoms with Crippen molar-refractivity contribution in [1.29, 1.82) is 0 Å². The molecule has 2 aliphatic carbocycles. The van der Waals surface area contributed by atoms with Crippen molar-refractivity contribution in [1.82, 2.24) is 4.90 Å². The largest absolute Gasteiger partial charge is 0.481 e. The van der Waals surface area contributed by atoms with Gasteiger partial charge in [0.2, 0.25) is 0 Å². The number of fused-ring (bicyclic) bond motifs is 2. The lowest BCUT2D eigenvalue weighted by molar-refractivity contribution is -0.139.